The van der Waals surface area contributed by atoms with Crippen LogP contribution in [0.5, 0.6) is 0 Å². The maximum atomic E-state index is 11.1. The second kappa shape index (κ2) is 26.9. The minimum atomic E-state index is -0.167. The zero-order valence-corrected chi connectivity index (χ0v) is 22.9. The molecule has 0 saturated heterocycles. The third-order valence-electron chi connectivity index (χ3n) is 3.03. The van der Waals surface area contributed by atoms with Gasteiger partial charge in [0, 0.05) is 38.4 Å². The first-order valence-corrected chi connectivity index (χ1v) is 10.6. The molecule has 0 aromatic rings. The normalized spacial score (nSPS) is 8.97. The van der Waals surface area contributed by atoms with E-state index in [-0.39, 0.29) is 70.1 Å². The average Bonchev–Trinajstić information content (AvgIpc) is 2.55. The Bertz CT molecular complexity index is 415. The van der Waals surface area contributed by atoms with Crippen molar-refractivity contribution in [3.05, 3.63) is 0 Å². The third-order valence-corrected chi connectivity index (χ3v) is 3.03. The standard InChI is InChI=1S/2C8H15NO2.2C3H8O.Ti/c2*1-4-9(5-2)8(11)6-7(3)10;2*1-3(2)4;/h2*4-6H2,1-3H3;2*3-4H,1-2H3;/q;;;;+2. The Balaban J connectivity index is -0.000000106. The molecule has 0 radical (unpaired) electrons. The molecule has 0 bridgehead atoms. The van der Waals surface area contributed by atoms with Crippen LogP contribution in [-0.4, -0.2) is 81.8 Å². The minimum Gasteiger partial charge on any atom is -0.394 e. The first kappa shape index (κ1) is 40.3. The van der Waals surface area contributed by atoms with Gasteiger partial charge in [-0.25, -0.2) is 0 Å². The van der Waals surface area contributed by atoms with Gasteiger partial charge in [0.1, 0.15) is 11.6 Å². The molecule has 2 N–H and O–H groups in total. The number of Topliss-reactive ketones (excluding diaryl/α,β-unsaturated/α-hetero) is 2. The quantitative estimate of drug-likeness (QED) is 0.406. The van der Waals surface area contributed by atoms with Crippen LogP contribution in [0.4, 0.5) is 0 Å². The predicted molar refractivity (Wildman–Crippen MR) is 121 cm³/mol. The van der Waals surface area contributed by atoms with Crippen molar-refractivity contribution in [1.29, 1.82) is 0 Å². The number of hydrogen-bond acceptors (Lipinski definition) is 6. The predicted octanol–water partition coefficient (Wildman–Crippen LogP) is 2.44. The van der Waals surface area contributed by atoms with Gasteiger partial charge in [0.2, 0.25) is 11.8 Å². The van der Waals surface area contributed by atoms with Gasteiger partial charge in [-0.05, 0) is 69.2 Å². The Hall–Kier alpha value is -1.09. The van der Waals surface area contributed by atoms with E-state index in [4.69, 9.17) is 10.2 Å². The number of rotatable bonds is 8. The number of aliphatic hydroxyl groups is 2. The zero-order chi connectivity index (χ0) is 24.9. The molecule has 31 heavy (non-hydrogen) atoms. The van der Waals surface area contributed by atoms with Crippen molar-refractivity contribution in [1.82, 2.24) is 9.80 Å². The van der Waals surface area contributed by atoms with Crippen molar-refractivity contribution in [2.45, 2.75) is 94.3 Å². The van der Waals surface area contributed by atoms with Gasteiger partial charge < -0.3 is 20.0 Å². The summed E-state index contributed by atoms with van der Waals surface area (Å²) < 4.78 is 0. The SMILES string of the molecule is CC(C)O.CC(C)O.CCN(CC)C(=O)CC(C)=O.CCN(CC)C(=O)CC(C)=O.[Ti+2]. The first-order chi connectivity index (χ1) is 13.7. The molecule has 0 fully saturated rings. The smallest absolute Gasteiger partial charge is 0.394 e. The monoisotopic (exact) mass is 482 g/mol. The van der Waals surface area contributed by atoms with Crippen LogP contribution < -0.4 is 0 Å². The molecular weight excluding hydrogens is 436 g/mol. The Morgan fingerprint density at radius 2 is 0.774 bits per heavy atom. The van der Waals surface area contributed by atoms with E-state index in [0.717, 1.165) is 0 Å². The topological polar surface area (TPSA) is 115 Å². The van der Waals surface area contributed by atoms with Gasteiger partial charge in [0.15, 0.2) is 0 Å². The summed E-state index contributed by atoms with van der Waals surface area (Å²) in [6.45, 7) is 20.1. The molecular formula is C22H46N2O6Ti+2. The number of aliphatic hydroxyl groups excluding tert-OH is 2. The molecule has 0 aliphatic carbocycles. The van der Waals surface area contributed by atoms with E-state index in [2.05, 4.69) is 0 Å². The van der Waals surface area contributed by atoms with Crippen LogP contribution in [0, 0.1) is 0 Å². The van der Waals surface area contributed by atoms with E-state index >= 15 is 0 Å². The number of ketones is 2. The summed E-state index contributed by atoms with van der Waals surface area (Å²) in [4.78, 5) is 46.6. The van der Waals surface area contributed by atoms with Gasteiger partial charge in [-0.2, -0.15) is 0 Å². The van der Waals surface area contributed by atoms with E-state index in [1.54, 1.807) is 37.5 Å². The largest absolute Gasteiger partial charge is 2.00 e. The average molecular weight is 482 g/mol. The molecule has 0 saturated carbocycles. The van der Waals surface area contributed by atoms with Gasteiger partial charge >= 0.3 is 21.7 Å². The number of hydrogen-bond donors (Lipinski definition) is 2. The van der Waals surface area contributed by atoms with Gasteiger partial charge in [-0.15, -0.1) is 0 Å². The maximum Gasteiger partial charge on any atom is 2.00 e. The summed E-state index contributed by atoms with van der Waals surface area (Å²) >= 11 is 0. The van der Waals surface area contributed by atoms with Crippen molar-refractivity contribution in [3.63, 3.8) is 0 Å². The molecule has 0 spiro atoms. The van der Waals surface area contributed by atoms with Crippen LogP contribution in [0.15, 0.2) is 0 Å². The molecule has 8 nitrogen and oxygen atoms in total. The second-order valence-electron chi connectivity index (χ2n) is 7.08. The van der Waals surface area contributed by atoms with Crippen LogP contribution >= 0.6 is 0 Å². The molecule has 2 amide bonds. The molecule has 0 unspecified atom stereocenters. The summed E-state index contributed by atoms with van der Waals surface area (Å²) in [7, 11) is 0. The van der Waals surface area contributed by atoms with E-state index in [0.29, 0.717) is 26.2 Å². The van der Waals surface area contributed by atoms with Crippen LogP contribution in [0.25, 0.3) is 0 Å². The third kappa shape index (κ3) is 39.9. The van der Waals surface area contributed by atoms with Crippen molar-refractivity contribution in [3.8, 4) is 0 Å². The molecule has 0 rings (SSSR count). The van der Waals surface area contributed by atoms with Crippen LogP contribution in [0.3, 0.4) is 0 Å². The Morgan fingerprint density at radius 1 is 0.613 bits per heavy atom. The number of amides is 2. The first-order valence-electron chi connectivity index (χ1n) is 10.6. The van der Waals surface area contributed by atoms with Crippen LogP contribution in [-0.2, 0) is 40.9 Å². The summed E-state index contributed by atoms with van der Waals surface area (Å²) in [5.41, 5.74) is 0. The fourth-order valence-electron chi connectivity index (χ4n) is 1.80. The zero-order valence-electron chi connectivity index (χ0n) is 21.3. The summed E-state index contributed by atoms with van der Waals surface area (Å²) in [6.07, 6.45) is -0.247. The summed E-state index contributed by atoms with van der Waals surface area (Å²) in [5, 5.41) is 16.1. The Labute approximate surface area is 204 Å². The molecule has 9 heteroatoms. The van der Waals surface area contributed by atoms with Crippen molar-refractivity contribution in [2.24, 2.45) is 0 Å². The molecule has 0 heterocycles. The molecule has 182 valence electrons. The van der Waals surface area contributed by atoms with Crippen molar-refractivity contribution < 1.29 is 51.1 Å². The molecule has 0 atom stereocenters. The molecule has 0 aliphatic heterocycles. The number of nitrogens with zero attached hydrogens (tertiary/aromatic N) is 2. The molecule has 0 aromatic carbocycles. The number of carbonyl (C=O) groups is 4. The fraction of sp³-hybridized carbons (Fsp3) is 0.818. The fourth-order valence-corrected chi connectivity index (χ4v) is 1.80. The van der Waals surface area contributed by atoms with Gasteiger partial charge in [-0.1, -0.05) is 0 Å². The molecule has 0 aliphatic rings. The van der Waals surface area contributed by atoms with E-state index in [1.807, 2.05) is 27.7 Å². The Kier molecular flexibility index (Phi) is 35.0. The van der Waals surface area contributed by atoms with E-state index in [9.17, 15) is 19.2 Å². The number of carbonyl (C=O) groups excluding carboxylic acids is 4. The summed E-state index contributed by atoms with van der Waals surface area (Å²) in [5.74, 6) is -0.270. The molecule has 0 aromatic heterocycles. The van der Waals surface area contributed by atoms with Crippen molar-refractivity contribution >= 4 is 23.4 Å². The van der Waals surface area contributed by atoms with Gasteiger partial charge in [0.05, 0.1) is 12.8 Å². The Morgan fingerprint density at radius 3 is 0.871 bits per heavy atom. The minimum absolute atomic E-state index is 0. The van der Waals surface area contributed by atoms with E-state index < -0.39 is 0 Å². The second-order valence-corrected chi connectivity index (χ2v) is 7.08. The van der Waals surface area contributed by atoms with Gasteiger partial charge in [-0.3, -0.25) is 19.2 Å². The van der Waals surface area contributed by atoms with Crippen LogP contribution in [0.1, 0.15) is 82.1 Å². The maximum absolute atomic E-state index is 11.1. The van der Waals surface area contributed by atoms with Gasteiger partial charge in [0.25, 0.3) is 0 Å². The summed E-state index contributed by atoms with van der Waals surface area (Å²) in [6, 6.07) is 0. The van der Waals surface area contributed by atoms with Crippen molar-refractivity contribution in [2.75, 3.05) is 26.2 Å². The van der Waals surface area contributed by atoms with Crippen LogP contribution in [0.2, 0.25) is 0 Å². The van der Waals surface area contributed by atoms with E-state index in [1.165, 1.54) is 13.8 Å².